The van der Waals surface area contributed by atoms with Gasteiger partial charge >= 0.3 is 0 Å². The van der Waals surface area contributed by atoms with Crippen molar-refractivity contribution in [3.8, 4) is 11.3 Å². The van der Waals surface area contributed by atoms with Crippen LogP contribution in [0.1, 0.15) is 57.4 Å². The average molecular weight is 383 g/mol. The van der Waals surface area contributed by atoms with Crippen LogP contribution >= 0.6 is 0 Å². The standard InChI is InChI=1S/C22H29N3O3/c1-2-18(26)11-7-4-8-12-19(25-21(27)17-13-23-14-17)22-24-15-20(28-22)16-9-5-3-6-10-16/h3,5-6,9-10,15,17,19,23H,2,4,7-8,11-14H2,1H3,(H,25,27). The molecule has 0 bridgehead atoms. The first-order chi connectivity index (χ1) is 13.7. The van der Waals surface area contributed by atoms with E-state index in [2.05, 4.69) is 15.6 Å². The molecule has 1 aliphatic heterocycles. The molecule has 3 rings (SSSR count). The Morgan fingerprint density at radius 2 is 2.00 bits per heavy atom. The lowest BCUT2D eigenvalue weighted by Gasteiger charge is -2.27. The predicted molar refractivity (Wildman–Crippen MR) is 108 cm³/mol. The zero-order chi connectivity index (χ0) is 19.8. The van der Waals surface area contributed by atoms with E-state index in [4.69, 9.17) is 4.42 Å². The minimum absolute atomic E-state index is 0.0215. The van der Waals surface area contributed by atoms with Crippen LogP contribution in [-0.2, 0) is 9.59 Å². The van der Waals surface area contributed by atoms with Crippen LogP contribution in [0.3, 0.4) is 0 Å². The van der Waals surface area contributed by atoms with Gasteiger partial charge in [-0.1, -0.05) is 50.1 Å². The second kappa shape index (κ2) is 10.2. The van der Waals surface area contributed by atoms with Crippen molar-refractivity contribution in [3.63, 3.8) is 0 Å². The van der Waals surface area contributed by atoms with Gasteiger partial charge in [-0.05, 0) is 12.8 Å². The highest BCUT2D eigenvalue weighted by Crippen LogP contribution is 2.26. The van der Waals surface area contributed by atoms with E-state index in [1.165, 1.54) is 0 Å². The van der Waals surface area contributed by atoms with Crippen molar-refractivity contribution in [2.45, 2.75) is 51.5 Å². The number of unbranched alkanes of at least 4 members (excludes halogenated alkanes) is 2. The number of ketones is 1. The van der Waals surface area contributed by atoms with Gasteiger partial charge in [0, 0.05) is 31.5 Å². The monoisotopic (exact) mass is 383 g/mol. The van der Waals surface area contributed by atoms with Crippen LogP contribution in [0.25, 0.3) is 11.3 Å². The van der Waals surface area contributed by atoms with Gasteiger partial charge in [0.2, 0.25) is 11.8 Å². The molecule has 2 N–H and O–H groups in total. The lowest BCUT2D eigenvalue weighted by atomic mass is 10.0. The Kier molecular flexibility index (Phi) is 7.37. The van der Waals surface area contributed by atoms with Crippen molar-refractivity contribution in [2.24, 2.45) is 5.92 Å². The topological polar surface area (TPSA) is 84.2 Å². The SMILES string of the molecule is CCC(=O)CCCCCC(NC(=O)C1CNC1)c1ncc(-c2ccccc2)o1. The summed E-state index contributed by atoms with van der Waals surface area (Å²) < 4.78 is 5.98. The zero-order valence-electron chi connectivity index (χ0n) is 16.4. The van der Waals surface area contributed by atoms with Crippen LogP contribution in [0.15, 0.2) is 40.9 Å². The summed E-state index contributed by atoms with van der Waals surface area (Å²) in [6.45, 7) is 3.34. The van der Waals surface area contributed by atoms with Crippen molar-refractivity contribution in [3.05, 3.63) is 42.4 Å². The quantitative estimate of drug-likeness (QED) is 0.579. The number of Topliss-reactive ketones (excluding diaryl/α,β-unsaturated/α-hetero) is 1. The molecular weight excluding hydrogens is 354 g/mol. The summed E-state index contributed by atoms with van der Waals surface area (Å²) >= 11 is 0. The van der Waals surface area contributed by atoms with E-state index in [0.717, 1.165) is 44.3 Å². The molecule has 0 saturated carbocycles. The molecule has 1 fully saturated rings. The largest absolute Gasteiger partial charge is 0.438 e. The summed E-state index contributed by atoms with van der Waals surface area (Å²) in [6, 6.07) is 9.58. The molecular formula is C22H29N3O3. The minimum Gasteiger partial charge on any atom is -0.438 e. The summed E-state index contributed by atoms with van der Waals surface area (Å²) in [5.41, 5.74) is 0.965. The maximum Gasteiger partial charge on any atom is 0.226 e. The molecule has 1 saturated heterocycles. The average Bonchev–Trinajstić information content (AvgIpc) is 3.16. The van der Waals surface area contributed by atoms with E-state index < -0.39 is 0 Å². The van der Waals surface area contributed by atoms with Gasteiger partial charge < -0.3 is 15.1 Å². The third-order valence-corrected chi connectivity index (χ3v) is 5.19. The maximum absolute atomic E-state index is 12.4. The summed E-state index contributed by atoms with van der Waals surface area (Å²) in [6.07, 6.45) is 6.46. The number of aromatic nitrogens is 1. The number of nitrogens with zero attached hydrogens (tertiary/aromatic N) is 1. The Balaban J connectivity index is 1.61. The number of hydrogen-bond acceptors (Lipinski definition) is 5. The van der Waals surface area contributed by atoms with Crippen molar-refractivity contribution in [1.82, 2.24) is 15.6 Å². The minimum atomic E-state index is -0.243. The van der Waals surface area contributed by atoms with Gasteiger partial charge in [-0.25, -0.2) is 4.98 Å². The van der Waals surface area contributed by atoms with Gasteiger partial charge in [-0.3, -0.25) is 9.59 Å². The van der Waals surface area contributed by atoms with E-state index >= 15 is 0 Å². The van der Waals surface area contributed by atoms with Crippen LogP contribution in [0, 0.1) is 5.92 Å². The Morgan fingerprint density at radius 3 is 2.68 bits per heavy atom. The second-order valence-corrected chi connectivity index (χ2v) is 7.34. The molecule has 2 heterocycles. The molecule has 1 atom stereocenters. The van der Waals surface area contributed by atoms with Crippen LogP contribution in [0.4, 0.5) is 0 Å². The molecule has 1 aromatic heterocycles. The molecule has 1 aromatic carbocycles. The van der Waals surface area contributed by atoms with Crippen LogP contribution in [-0.4, -0.2) is 29.8 Å². The summed E-state index contributed by atoms with van der Waals surface area (Å²) in [5, 5.41) is 6.23. The Bertz CT molecular complexity index is 768. The number of benzene rings is 1. The molecule has 1 amide bonds. The van der Waals surface area contributed by atoms with Crippen molar-refractivity contribution < 1.29 is 14.0 Å². The molecule has 1 aliphatic rings. The fourth-order valence-electron chi connectivity index (χ4n) is 3.23. The van der Waals surface area contributed by atoms with E-state index in [1.807, 2.05) is 37.3 Å². The maximum atomic E-state index is 12.4. The van der Waals surface area contributed by atoms with Crippen molar-refractivity contribution in [2.75, 3.05) is 13.1 Å². The van der Waals surface area contributed by atoms with Crippen LogP contribution in [0.2, 0.25) is 0 Å². The predicted octanol–water partition coefficient (Wildman–Crippen LogP) is 3.65. The van der Waals surface area contributed by atoms with Crippen molar-refractivity contribution in [1.29, 1.82) is 0 Å². The van der Waals surface area contributed by atoms with Crippen LogP contribution in [0.5, 0.6) is 0 Å². The van der Waals surface area contributed by atoms with Gasteiger partial charge in [0.1, 0.15) is 11.8 Å². The lowest BCUT2D eigenvalue weighted by molar-refractivity contribution is -0.127. The summed E-state index contributed by atoms with van der Waals surface area (Å²) in [5.74, 6) is 1.62. The molecule has 6 heteroatoms. The van der Waals surface area contributed by atoms with Gasteiger partial charge in [-0.2, -0.15) is 0 Å². The number of carbonyl (C=O) groups is 2. The third kappa shape index (κ3) is 5.52. The number of rotatable bonds is 11. The Hall–Kier alpha value is -2.47. The van der Waals surface area contributed by atoms with Gasteiger partial charge in [0.15, 0.2) is 5.76 Å². The van der Waals surface area contributed by atoms with E-state index in [9.17, 15) is 9.59 Å². The molecule has 1 unspecified atom stereocenters. The molecule has 6 nitrogen and oxygen atoms in total. The first kappa shape index (κ1) is 20.3. The number of oxazole rings is 1. The molecule has 28 heavy (non-hydrogen) atoms. The molecule has 0 aliphatic carbocycles. The fraction of sp³-hybridized carbons (Fsp3) is 0.500. The highest BCUT2D eigenvalue weighted by atomic mass is 16.4. The third-order valence-electron chi connectivity index (χ3n) is 5.19. The summed E-state index contributed by atoms with van der Waals surface area (Å²) in [7, 11) is 0. The molecule has 150 valence electrons. The second-order valence-electron chi connectivity index (χ2n) is 7.34. The molecule has 0 spiro atoms. The number of nitrogens with one attached hydrogen (secondary N) is 2. The highest BCUT2D eigenvalue weighted by Gasteiger charge is 2.28. The molecule has 0 radical (unpaired) electrons. The number of hydrogen-bond donors (Lipinski definition) is 2. The van der Waals surface area contributed by atoms with Crippen LogP contribution < -0.4 is 10.6 Å². The Labute approximate surface area is 166 Å². The fourth-order valence-corrected chi connectivity index (χ4v) is 3.23. The van der Waals surface area contributed by atoms with Crippen molar-refractivity contribution >= 4 is 11.7 Å². The highest BCUT2D eigenvalue weighted by molar-refractivity contribution is 5.80. The van der Waals surface area contributed by atoms with Gasteiger partial charge in [0.05, 0.1) is 12.1 Å². The normalized spacial score (nSPS) is 15.0. The van der Waals surface area contributed by atoms with Gasteiger partial charge in [-0.15, -0.1) is 0 Å². The number of carbonyl (C=O) groups excluding carboxylic acids is 2. The Morgan fingerprint density at radius 1 is 1.21 bits per heavy atom. The lowest BCUT2D eigenvalue weighted by Crippen LogP contribution is -2.51. The first-order valence-corrected chi connectivity index (χ1v) is 10.2. The van der Waals surface area contributed by atoms with Gasteiger partial charge in [0.25, 0.3) is 0 Å². The smallest absolute Gasteiger partial charge is 0.226 e. The zero-order valence-corrected chi connectivity index (χ0v) is 16.4. The van der Waals surface area contributed by atoms with E-state index in [-0.39, 0.29) is 17.9 Å². The van der Waals surface area contributed by atoms with E-state index in [1.54, 1.807) is 6.20 Å². The van der Waals surface area contributed by atoms with E-state index in [0.29, 0.717) is 30.3 Å². The summed E-state index contributed by atoms with van der Waals surface area (Å²) in [4.78, 5) is 28.3. The first-order valence-electron chi connectivity index (χ1n) is 10.2. The number of amides is 1. The molecule has 2 aromatic rings.